The maximum Gasteiger partial charge on any atom is 0.290 e. The molecule has 1 aliphatic carbocycles. The summed E-state index contributed by atoms with van der Waals surface area (Å²) in [5, 5.41) is 11.8. The van der Waals surface area contributed by atoms with Crippen LogP contribution in [0.2, 0.25) is 5.02 Å². The number of benzene rings is 1. The summed E-state index contributed by atoms with van der Waals surface area (Å²) in [5.41, 5.74) is 0.639. The van der Waals surface area contributed by atoms with Crippen molar-refractivity contribution in [3.63, 3.8) is 0 Å². The minimum Gasteiger partial charge on any atom is -0.492 e. The van der Waals surface area contributed by atoms with Crippen LogP contribution in [0, 0.1) is 5.92 Å². The van der Waals surface area contributed by atoms with Crippen molar-refractivity contribution in [2.24, 2.45) is 5.92 Å². The van der Waals surface area contributed by atoms with Crippen LogP contribution in [0.4, 0.5) is 4.79 Å². The van der Waals surface area contributed by atoms with E-state index in [0.29, 0.717) is 33.8 Å². The number of nitrogens with one attached hydrogen (secondary N) is 1. The largest absolute Gasteiger partial charge is 0.492 e. The van der Waals surface area contributed by atoms with Gasteiger partial charge in [0, 0.05) is 0 Å². The second-order valence-electron chi connectivity index (χ2n) is 6.00. The fraction of sp³-hybridized carbons (Fsp3) is 0.412. The number of aliphatic hydroxyl groups excluding tert-OH is 1. The molecule has 5 nitrogen and oxygen atoms in total. The van der Waals surface area contributed by atoms with E-state index in [0.717, 1.165) is 37.4 Å². The van der Waals surface area contributed by atoms with Gasteiger partial charge in [-0.15, -0.1) is 0 Å². The molecule has 2 N–H and O–H groups in total. The Labute approximate surface area is 149 Å². The Morgan fingerprint density at radius 3 is 2.71 bits per heavy atom. The summed E-state index contributed by atoms with van der Waals surface area (Å²) in [5.74, 6) is 0.570. The van der Waals surface area contributed by atoms with Gasteiger partial charge < -0.3 is 9.84 Å². The van der Waals surface area contributed by atoms with Gasteiger partial charge in [-0.2, -0.15) is 0 Å². The third-order valence-corrected chi connectivity index (χ3v) is 5.43. The van der Waals surface area contributed by atoms with Crippen molar-refractivity contribution in [3.05, 3.63) is 33.7 Å². The zero-order valence-electron chi connectivity index (χ0n) is 13.0. The summed E-state index contributed by atoms with van der Waals surface area (Å²) >= 11 is 7.23. The van der Waals surface area contributed by atoms with E-state index in [2.05, 4.69) is 5.32 Å². The Bertz CT molecular complexity index is 683. The van der Waals surface area contributed by atoms with Crippen molar-refractivity contribution >= 4 is 40.6 Å². The number of hydrogen-bond donors (Lipinski definition) is 2. The van der Waals surface area contributed by atoms with Gasteiger partial charge in [0.2, 0.25) is 0 Å². The van der Waals surface area contributed by atoms with Crippen LogP contribution in [0.25, 0.3) is 6.08 Å². The smallest absolute Gasteiger partial charge is 0.290 e. The first kappa shape index (κ1) is 17.3. The quantitative estimate of drug-likeness (QED) is 0.795. The first-order valence-corrected chi connectivity index (χ1v) is 9.06. The van der Waals surface area contributed by atoms with Gasteiger partial charge in [-0.05, 0) is 61.1 Å². The lowest BCUT2D eigenvalue weighted by Gasteiger charge is -2.25. The van der Waals surface area contributed by atoms with Crippen LogP contribution >= 0.6 is 23.4 Å². The molecule has 128 valence electrons. The molecule has 0 bridgehead atoms. The predicted molar refractivity (Wildman–Crippen MR) is 94.0 cm³/mol. The molecule has 2 amide bonds. The number of imide groups is 1. The van der Waals surface area contributed by atoms with Crippen LogP contribution in [-0.2, 0) is 4.79 Å². The topological polar surface area (TPSA) is 75.6 Å². The van der Waals surface area contributed by atoms with Crippen molar-refractivity contribution in [2.45, 2.75) is 31.8 Å². The monoisotopic (exact) mass is 367 g/mol. The van der Waals surface area contributed by atoms with Gasteiger partial charge in [-0.3, -0.25) is 14.9 Å². The van der Waals surface area contributed by atoms with Crippen molar-refractivity contribution in [2.75, 3.05) is 6.61 Å². The summed E-state index contributed by atoms with van der Waals surface area (Å²) in [7, 11) is 0. The van der Waals surface area contributed by atoms with E-state index in [1.54, 1.807) is 24.3 Å². The van der Waals surface area contributed by atoms with Crippen LogP contribution in [0.5, 0.6) is 5.75 Å². The molecule has 3 rings (SSSR count). The van der Waals surface area contributed by atoms with Gasteiger partial charge in [0.25, 0.3) is 11.1 Å². The number of ether oxygens (including phenoxy) is 1. The highest BCUT2D eigenvalue weighted by Gasteiger charge is 2.25. The summed E-state index contributed by atoms with van der Waals surface area (Å²) in [6, 6.07) is 5.36. The van der Waals surface area contributed by atoms with E-state index >= 15 is 0 Å². The van der Waals surface area contributed by atoms with E-state index < -0.39 is 5.91 Å². The Kier molecular flexibility index (Phi) is 5.48. The summed E-state index contributed by atoms with van der Waals surface area (Å²) < 4.78 is 5.85. The fourth-order valence-electron chi connectivity index (χ4n) is 2.83. The normalized spacial score (nSPS) is 25.8. The molecule has 0 radical (unpaired) electrons. The number of hydrogen-bond acceptors (Lipinski definition) is 5. The summed E-state index contributed by atoms with van der Waals surface area (Å²) in [4.78, 5) is 23.2. The number of rotatable bonds is 4. The molecule has 2 fully saturated rings. The van der Waals surface area contributed by atoms with Gasteiger partial charge in [-0.25, -0.2) is 0 Å². The molecule has 0 spiro atoms. The SMILES string of the molecule is O=C1NC(=O)/C(=C/c2cccc(OCC3CCC(O)CC3)c2Cl)S1. The Hall–Kier alpha value is -1.50. The maximum atomic E-state index is 11.6. The van der Waals surface area contributed by atoms with E-state index in [1.165, 1.54) is 0 Å². The molecular formula is C17H18ClNO4S. The highest BCUT2D eigenvalue weighted by atomic mass is 35.5. The van der Waals surface area contributed by atoms with E-state index in [1.807, 2.05) is 0 Å². The third-order valence-electron chi connectivity index (χ3n) is 4.21. The number of carbonyl (C=O) groups excluding carboxylic acids is 2. The molecule has 0 atom stereocenters. The molecule has 1 aromatic carbocycles. The molecule has 24 heavy (non-hydrogen) atoms. The molecule has 2 aliphatic rings. The molecule has 1 heterocycles. The highest BCUT2D eigenvalue weighted by Crippen LogP contribution is 2.34. The first-order chi connectivity index (χ1) is 11.5. The lowest BCUT2D eigenvalue weighted by molar-refractivity contribution is -0.115. The molecule has 1 saturated heterocycles. The van der Waals surface area contributed by atoms with Crippen LogP contribution in [-0.4, -0.2) is 29.0 Å². The fourth-order valence-corrected chi connectivity index (χ4v) is 3.74. The molecule has 1 aromatic rings. The Balaban J connectivity index is 1.68. The van der Waals surface area contributed by atoms with Crippen molar-refractivity contribution in [3.8, 4) is 5.75 Å². The molecule has 0 unspecified atom stereocenters. The van der Waals surface area contributed by atoms with Crippen LogP contribution in [0.15, 0.2) is 23.1 Å². The molecule has 0 aromatic heterocycles. The number of aliphatic hydroxyl groups is 1. The van der Waals surface area contributed by atoms with Crippen molar-refractivity contribution < 1.29 is 19.4 Å². The van der Waals surface area contributed by atoms with Gasteiger partial charge in [-0.1, -0.05) is 23.7 Å². The first-order valence-electron chi connectivity index (χ1n) is 7.87. The average molecular weight is 368 g/mol. The van der Waals surface area contributed by atoms with E-state index in [-0.39, 0.29) is 11.3 Å². The summed E-state index contributed by atoms with van der Waals surface area (Å²) in [6.07, 6.45) is 4.93. The lowest BCUT2D eigenvalue weighted by atomic mass is 9.88. The van der Waals surface area contributed by atoms with Gasteiger partial charge in [0.15, 0.2) is 0 Å². The Morgan fingerprint density at radius 1 is 1.29 bits per heavy atom. The van der Waals surface area contributed by atoms with Crippen molar-refractivity contribution in [1.82, 2.24) is 5.32 Å². The number of amides is 2. The van der Waals surface area contributed by atoms with Crippen LogP contribution in [0.3, 0.4) is 0 Å². The van der Waals surface area contributed by atoms with Crippen LogP contribution in [0.1, 0.15) is 31.2 Å². The molecule has 7 heteroatoms. The minimum absolute atomic E-state index is 0.183. The third kappa shape index (κ3) is 4.12. The maximum absolute atomic E-state index is 11.6. The standard InChI is InChI=1S/C17H18ClNO4S/c18-15-11(8-14-16(21)19-17(22)24-14)2-1-3-13(15)23-9-10-4-6-12(20)7-5-10/h1-3,8,10,12,20H,4-7,9H2,(H,19,21,22)/b14-8-. The second kappa shape index (κ2) is 7.59. The summed E-state index contributed by atoms with van der Waals surface area (Å²) in [6.45, 7) is 0.556. The predicted octanol–water partition coefficient (Wildman–Crippen LogP) is 3.59. The lowest BCUT2D eigenvalue weighted by Crippen LogP contribution is -2.22. The van der Waals surface area contributed by atoms with Gasteiger partial charge in [0.05, 0.1) is 22.6 Å². The molecule has 1 saturated carbocycles. The second-order valence-corrected chi connectivity index (χ2v) is 7.39. The van der Waals surface area contributed by atoms with Gasteiger partial charge in [0.1, 0.15) is 5.75 Å². The number of thioether (sulfide) groups is 1. The average Bonchev–Trinajstić information content (AvgIpc) is 2.87. The Morgan fingerprint density at radius 2 is 2.04 bits per heavy atom. The van der Waals surface area contributed by atoms with E-state index in [9.17, 15) is 14.7 Å². The van der Waals surface area contributed by atoms with Crippen LogP contribution < -0.4 is 10.1 Å². The number of carbonyl (C=O) groups is 2. The molecular weight excluding hydrogens is 350 g/mol. The number of halogens is 1. The van der Waals surface area contributed by atoms with Crippen molar-refractivity contribution in [1.29, 1.82) is 0 Å². The highest BCUT2D eigenvalue weighted by molar-refractivity contribution is 8.18. The van der Waals surface area contributed by atoms with Gasteiger partial charge >= 0.3 is 0 Å². The zero-order chi connectivity index (χ0) is 17.1. The van der Waals surface area contributed by atoms with E-state index in [4.69, 9.17) is 16.3 Å². The zero-order valence-corrected chi connectivity index (χ0v) is 14.5. The minimum atomic E-state index is -0.409. The molecule has 1 aliphatic heterocycles.